The van der Waals surface area contributed by atoms with Crippen molar-refractivity contribution in [3.05, 3.63) is 35.4 Å². The van der Waals surface area contributed by atoms with E-state index in [0.717, 1.165) is 12.3 Å². The van der Waals surface area contributed by atoms with Crippen molar-refractivity contribution in [1.82, 2.24) is 0 Å². The Balaban J connectivity index is 2.00. The molecule has 1 atom stereocenters. The van der Waals surface area contributed by atoms with Crippen molar-refractivity contribution in [2.45, 2.75) is 71.3 Å². The van der Waals surface area contributed by atoms with E-state index in [0.29, 0.717) is 12.0 Å². The predicted molar refractivity (Wildman–Crippen MR) is 91.9 cm³/mol. The van der Waals surface area contributed by atoms with E-state index >= 15 is 0 Å². The number of hydrogen-bond donors (Lipinski definition) is 1. The number of nitrogens with two attached hydrogens (primary N) is 1. The van der Waals surface area contributed by atoms with Gasteiger partial charge < -0.3 is 5.73 Å². The minimum Gasteiger partial charge on any atom is -0.387 e. The molecule has 0 saturated heterocycles. The average molecular weight is 286 g/mol. The zero-order chi connectivity index (χ0) is 15.2. The van der Waals surface area contributed by atoms with Gasteiger partial charge in [-0.05, 0) is 36.3 Å². The van der Waals surface area contributed by atoms with Gasteiger partial charge in [-0.15, -0.1) is 0 Å². The fourth-order valence-electron chi connectivity index (χ4n) is 3.12. The van der Waals surface area contributed by atoms with E-state index in [-0.39, 0.29) is 5.92 Å². The van der Waals surface area contributed by atoms with E-state index in [4.69, 9.17) is 10.7 Å². The summed E-state index contributed by atoms with van der Waals surface area (Å²) in [4.78, 5) is 4.78. The van der Waals surface area contributed by atoms with Crippen LogP contribution in [0.5, 0.6) is 0 Å². The molecule has 2 N–H and O–H groups in total. The number of hydrogen-bond acceptors (Lipinski definition) is 1. The van der Waals surface area contributed by atoms with Crippen LogP contribution in [0.15, 0.2) is 29.3 Å². The number of rotatable bonds is 5. The summed E-state index contributed by atoms with van der Waals surface area (Å²) < 4.78 is 0. The second-order valence-corrected chi connectivity index (χ2v) is 6.91. The molecule has 0 heterocycles. The lowest BCUT2D eigenvalue weighted by Gasteiger charge is -2.20. The van der Waals surface area contributed by atoms with E-state index in [2.05, 4.69) is 45.0 Å². The quantitative estimate of drug-likeness (QED) is 0.619. The minimum atomic E-state index is 0.222. The summed E-state index contributed by atoms with van der Waals surface area (Å²) >= 11 is 0. The maximum absolute atomic E-state index is 6.25. The van der Waals surface area contributed by atoms with E-state index in [1.807, 2.05) is 0 Å². The molecule has 116 valence electrons. The van der Waals surface area contributed by atoms with Crippen molar-refractivity contribution in [1.29, 1.82) is 0 Å². The van der Waals surface area contributed by atoms with Gasteiger partial charge >= 0.3 is 0 Å². The van der Waals surface area contributed by atoms with E-state index < -0.39 is 0 Å². The molecule has 0 radical (unpaired) electrons. The van der Waals surface area contributed by atoms with Gasteiger partial charge in [-0.1, -0.05) is 64.3 Å². The Morgan fingerprint density at radius 2 is 1.71 bits per heavy atom. The van der Waals surface area contributed by atoms with Gasteiger partial charge in [0, 0.05) is 5.92 Å². The van der Waals surface area contributed by atoms with Crippen LogP contribution in [0.1, 0.15) is 69.9 Å². The molecule has 0 aliphatic heterocycles. The Morgan fingerprint density at radius 3 is 2.29 bits per heavy atom. The minimum absolute atomic E-state index is 0.222. The van der Waals surface area contributed by atoms with Crippen molar-refractivity contribution in [2.75, 3.05) is 0 Å². The molecule has 1 unspecified atom stereocenters. The molecular weight excluding hydrogens is 256 g/mol. The third-order valence-electron chi connectivity index (χ3n) is 4.47. The second kappa shape index (κ2) is 7.63. The molecule has 1 fully saturated rings. The van der Waals surface area contributed by atoms with Crippen molar-refractivity contribution in [3.63, 3.8) is 0 Å². The Bertz CT molecular complexity index is 453. The maximum atomic E-state index is 6.25. The lowest BCUT2D eigenvalue weighted by Crippen LogP contribution is -2.23. The fourth-order valence-corrected chi connectivity index (χ4v) is 3.12. The van der Waals surface area contributed by atoms with Crippen LogP contribution in [-0.2, 0) is 6.42 Å². The van der Waals surface area contributed by atoms with Crippen molar-refractivity contribution < 1.29 is 0 Å². The Kier molecular flexibility index (Phi) is 5.84. The highest BCUT2D eigenvalue weighted by molar-refractivity contribution is 5.87. The smallest absolute Gasteiger partial charge is 0.101 e. The van der Waals surface area contributed by atoms with Gasteiger partial charge in [-0.25, -0.2) is 0 Å². The molecule has 1 saturated carbocycles. The highest BCUT2D eigenvalue weighted by Gasteiger charge is 2.15. The third kappa shape index (κ3) is 4.87. The lowest BCUT2D eigenvalue weighted by atomic mass is 9.94. The highest BCUT2D eigenvalue weighted by Crippen LogP contribution is 2.23. The maximum Gasteiger partial charge on any atom is 0.101 e. The standard InChI is InChI=1S/C19H30N2/c1-14(2)13-16-9-11-17(12-10-16)15(3)19(20)21-18-7-5-4-6-8-18/h9-12,14-15,18H,4-8,13H2,1-3H3,(H2,20,21). The second-order valence-electron chi connectivity index (χ2n) is 6.91. The zero-order valence-corrected chi connectivity index (χ0v) is 13.8. The first-order valence-electron chi connectivity index (χ1n) is 8.48. The van der Waals surface area contributed by atoms with Gasteiger partial charge in [-0.2, -0.15) is 0 Å². The van der Waals surface area contributed by atoms with Crippen LogP contribution in [0.3, 0.4) is 0 Å². The molecule has 2 nitrogen and oxygen atoms in total. The molecule has 0 bridgehead atoms. The molecule has 1 aliphatic carbocycles. The SMILES string of the molecule is CC(C)Cc1ccc(C(C)C(N)=NC2CCCCC2)cc1. The van der Waals surface area contributed by atoms with Gasteiger partial charge in [0.25, 0.3) is 0 Å². The van der Waals surface area contributed by atoms with Crippen LogP contribution in [-0.4, -0.2) is 11.9 Å². The monoisotopic (exact) mass is 286 g/mol. The summed E-state index contributed by atoms with van der Waals surface area (Å²) in [7, 11) is 0. The third-order valence-corrected chi connectivity index (χ3v) is 4.47. The lowest BCUT2D eigenvalue weighted by molar-refractivity contribution is 0.442. The molecule has 0 aromatic heterocycles. The molecule has 2 heteroatoms. The van der Waals surface area contributed by atoms with Crippen LogP contribution in [0.4, 0.5) is 0 Å². The van der Waals surface area contributed by atoms with E-state index in [9.17, 15) is 0 Å². The van der Waals surface area contributed by atoms with Crippen LogP contribution in [0, 0.1) is 5.92 Å². The highest BCUT2D eigenvalue weighted by atomic mass is 14.9. The van der Waals surface area contributed by atoms with Crippen LogP contribution in [0.25, 0.3) is 0 Å². The molecule has 1 aliphatic rings. The Hall–Kier alpha value is -1.31. The molecule has 1 aromatic carbocycles. The van der Waals surface area contributed by atoms with Crippen molar-refractivity contribution in [3.8, 4) is 0 Å². The largest absolute Gasteiger partial charge is 0.387 e. The number of aliphatic imine (C=N–C) groups is 1. The first kappa shape index (κ1) is 16.1. The van der Waals surface area contributed by atoms with Gasteiger partial charge in [-0.3, -0.25) is 4.99 Å². The fraction of sp³-hybridized carbons (Fsp3) is 0.632. The van der Waals surface area contributed by atoms with E-state index in [1.165, 1.54) is 43.2 Å². The van der Waals surface area contributed by atoms with Crippen LogP contribution >= 0.6 is 0 Å². The summed E-state index contributed by atoms with van der Waals surface area (Å²) in [6.07, 6.45) is 7.53. The summed E-state index contributed by atoms with van der Waals surface area (Å²) in [5, 5.41) is 0. The number of amidine groups is 1. The molecule has 0 spiro atoms. The molecule has 0 amide bonds. The van der Waals surface area contributed by atoms with Crippen molar-refractivity contribution in [2.24, 2.45) is 16.6 Å². The zero-order valence-electron chi connectivity index (χ0n) is 13.8. The Labute approximate surface area is 129 Å². The molecule has 2 rings (SSSR count). The Morgan fingerprint density at radius 1 is 1.10 bits per heavy atom. The number of benzene rings is 1. The summed E-state index contributed by atoms with van der Waals surface area (Å²) in [6, 6.07) is 9.36. The topological polar surface area (TPSA) is 38.4 Å². The van der Waals surface area contributed by atoms with Crippen LogP contribution in [0.2, 0.25) is 0 Å². The van der Waals surface area contributed by atoms with Gasteiger partial charge in [0.2, 0.25) is 0 Å². The van der Waals surface area contributed by atoms with Gasteiger partial charge in [0.15, 0.2) is 0 Å². The molecule has 21 heavy (non-hydrogen) atoms. The number of nitrogens with zero attached hydrogens (tertiary/aromatic N) is 1. The predicted octanol–water partition coefficient (Wildman–Crippen LogP) is 4.68. The molecule has 1 aromatic rings. The van der Waals surface area contributed by atoms with Gasteiger partial charge in [0.1, 0.15) is 5.84 Å². The summed E-state index contributed by atoms with van der Waals surface area (Å²) in [5.74, 6) is 1.73. The normalized spacial score (nSPS) is 19.0. The summed E-state index contributed by atoms with van der Waals surface area (Å²) in [6.45, 7) is 6.68. The first-order chi connectivity index (χ1) is 10.1. The molecular formula is C19H30N2. The van der Waals surface area contributed by atoms with E-state index in [1.54, 1.807) is 0 Å². The first-order valence-corrected chi connectivity index (χ1v) is 8.48. The van der Waals surface area contributed by atoms with Gasteiger partial charge in [0.05, 0.1) is 6.04 Å². The van der Waals surface area contributed by atoms with Crippen molar-refractivity contribution >= 4 is 5.84 Å². The summed E-state index contributed by atoms with van der Waals surface area (Å²) in [5.41, 5.74) is 8.93. The average Bonchev–Trinajstić information content (AvgIpc) is 2.47. The van der Waals surface area contributed by atoms with Crippen LogP contribution < -0.4 is 5.73 Å².